The van der Waals surface area contributed by atoms with Gasteiger partial charge in [-0.05, 0) is 18.2 Å². The Kier molecular flexibility index (Phi) is 3.91. The van der Waals surface area contributed by atoms with Gasteiger partial charge in [-0.25, -0.2) is 0 Å². The molecule has 0 aliphatic heterocycles. The van der Waals surface area contributed by atoms with Gasteiger partial charge in [-0.3, -0.25) is 0 Å². The summed E-state index contributed by atoms with van der Waals surface area (Å²) in [4.78, 5) is 0. The maximum Gasteiger partial charge on any atom is 0.573 e. The van der Waals surface area contributed by atoms with E-state index in [-0.39, 0.29) is 22.9 Å². The standard InChI is InChI=1S/C10H7ClF3NO/c11-5-1-2-7-6-8(3-4-9(7)15)16-10(12,13)14/h3-4,6H,5,15H2. The van der Waals surface area contributed by atoms with E-state index in [1.807, 2.05) is 0 Å². The van der Waals surface area contributed by atoms with E-state index in [2.05, 4.69) is 16.6 Å². The Hall–Kier alpha value is -1.54. The van der Waals surface area contributed by atoms with E-state index < -0.39 is 6.36 Å². The van der Waals surface area contributed by atoms with Gasteiger partial charge in [-0.2, -0.15) is 0 Å². The lowest BCUT2D eigenvalue weighted by molar-refractivity contribution is -0.274. The number of nitrogen functional groups attached to an aromatic ring is 1. The molecule has 0 amide bonds. The van der Waals surface area contributed by atoms with E-state index >= 15 is 0 Å². The number of alkyl halides is 4. The third-order valence-electron chi connectivity index (χ3n) is 1.55. The zero-order valence-electron chi connectivity index (χ0n) is 7.94. The number of halogens is 4. The van der Waals surface area contributed by atoms with Crippen LogP contribution in [0.3, 0.4) is 0 Å². The van der Waals surface area contributed by atoms with E-state index in [1.165, 1.54) is 6.07 Å². The first kappa shape index (κ1) is 12.5. The van der Waals surface area contributed by atoms with Gasteiger partial charge in [0.15, 0.2) is 0 Å². The first-order chi connectivity index (χ1) is 7.42. The largest absolute Gasteiger partial charge is 0.573 e. The molecule has 1 aromatic rings. The molecule has 16 heavy (non-hydrogen) atoms. The number of ether oxygens (including phenoxy) is 1. The molecule has 0 spiro atoms. The molecular weight excluding hydrogens is 243 g/mol. The third-order valence-corrected chi connectivity index (χ3v) is 1.68. The zero-order chi connectivity index (χ0) is 12.2. The van der Waals surface area contributed by atoms with Crippen molar-refractivity contribution in [1.82, 2.24) is 0 Å². The van der Waals surface area contributed by atoms with Gasteiger partial charge >= 0.3 is 6.36 Å². The summed E-state index contributed by atoms with van der Waals surface area (Å²) >= 11 is 5.32. The van der Waals surface area contributed by atoms with Crippen molar-refractivity contribution in [3.8, 4) is 17.6 Å². The van der Waals surface area contributed by atoms with Crippen molar-refractivity contribution in [1.29, 1.82) is 0 Å². The third kappa shape index (κ3) is 3.91. The van der Waals surface area contributed by atoms with Gasteiger partial charge in [-0.1, -0.05) is 11.8 Å². The van der Waals surface area contributed by atoms with Crippen LogP contribution in [0.5, 0.6) is 5.75 Å². The second-order valence-corrected chi connectivity index (χ2v) is 3.00. The summed E-state index contributed by atoms with van der Waals surface area (Å²) in [6.07, 6.45) is -4.73. The Morgan fingerprint density at radius 2 is 2.06 bits per heavy atom. The van der Waals surface area contributed by atoms with Crippen LogP contribution >= 0.6 is 11.6 Å². The van der Waals surface area contributed by atoms with E-state index in [4.69, 9.17) is 17.3 Å². The molecule has 2 nitrogen and oxygen atoms in total. The minimum absolute atomic E-state index is 0.0732. The molecule has 0 saturated heterocycles. The summed E-state index contributed by atoms with van der Waals surface area (Å²) in [5.41, 5.74) is 6.03. The van der Waals surface area contributed by atoms with Crippen LogP contribution in [0.4, 0.5) is 18.9 Å². The predicted molar refractivity (Wildman–Crippen MR) is 55.1 cm³/mol. The van der Waals surface area contributed by atoms with Gasteiger partial charge in [0.05, 0.1) is 11.4 Å². The quantitative estimate of drug-likeness (QED) is 0.472. The van der Waals surface area contributed by atoms with Crippen LogP contribution in [-0.4, -0.2) is 12.2 Å². The number of nitrogens with two attached hydrogens (primary N) is 1. The van der Waals surface area contributed by atoms with Crippen molar-refractivity contribution >= 4 is 17.3 Å². The molecule has 0 fully saturated rings. The number of hydrogen-bond donors (Lipinski definition) is 1. The molecular formula is C10H7ClF3NO. The molecule has 1 rings (SSSR count). The van der Waals surface area contributed by atoms with Crippen LogP contribution in [0.1, 0.15) is 5.56 Å². The molecule has 86 valence electrons. The first-order valence-corrected chi connectivity index (χ1v) is 4.66. The topological polar surface area (TPSA) is 35.2 Å². The zero-order valence-corrected chi connectivity index (χ0v) is 8.69. The fraction of sp³-hybridized carbons (Fsp3) is 0.200. The van der Waals surface area contributed by atoms with Gasteiger partial charge in [0.2, 0.25) is 0 Å². The summed E-state index contributed by atoms with van der Waals surface area (Å²) in [5, 5.41) is 0. The Balaban J connectivity index is 2.98. The van der Waals surface area contributed by atoms with E-state index in [9.17, 15) is 13.2 Å². The highest BCUT2D eigenvalue weighted by Crippen LogP contribution is 2.25. The fourth-order valence-electron chi connectivity index (χ4n) is 0.969. The molecule has 0 radical (unpaired) electrons. The van der Waals surface area contributed by atoms with Crippen molar-refractivity contribution in [3.05, 3.63) is 23.8 Å². The van der Waals surface area contributed by atoms with Crippen LogP contribution in [0.15, 0.2) is 18.2 Å². The summed E-state index contributed by atoms with van der Waals surface area (Å²) in [6, 6.07) is 3.52. The summed E-state index contributed by atoms with van der Waals surface area (Å²) in [5.74, 6) is 4.74. The van der Waals surface area contributed by atoms with Gasteiger partial charge in [-0.15, -0.1) is 24.8 Å². The lowest BCUT2D eigenvalue weighted by Gasteiger charge is -2.09. The second-order valence-electron chi connectivity index (χ2n) is 2.73. The lowest BCUT2D eigenvalue weighted by Crippen LogP contribution is -2.17. The monoisotopic (exact) mass is 249 g/mol. The number of hydrogen-bond acceptors (Lipinski definition) is 2. The van der Waals surface area contributed by atoms with Gasteiger partial charge < -0.3 is 10.5 Å². The Morgan fingerprint density at radius 1 is 1.38 bits per heavy atom. The van der Waals surface area contributed by atoms with Crippen molar-refractivity contribution in [2.75, 3.05) is 11.6 Å². The second kappa shape index (κ2) is 4.99. The molecule has 6 heteroatoms. The molecule has 0 saturated carbocycles. The highest BCUT2D eigenvalue weighted by atomic mass is 35.5. The molecule has 0 unspecified atom stereocenters. The SMILES string of the molecule is Nc1ccc(OC(F)(F)F)cc1C#CCCl. The molecule has 0 bridgehead atoms. The Bertz CT molecular complexity index is 434. The van der Waals surface area contributed by atoms with Crippen molar-refractivity contribution in [2.45, 2.75) is 6.36 Å². The van der Waals surface area contributed by atoms with Crippen LogP contribution in [0, 0.1) is 11.8 Å². The first-order valence-electron chi connectivity index (χ1n) is 4.12. The molecule has 2 N–H and O–H groups in total. The van der Waals surface area contributed by atoms with Crippen LogP contribution in [-0.2, 0) is 0 Å². The van der Waals surface area contributed by atoms with Crippen molar-refractivity contribution in [2.24, 2.45) is 0 Å². The number of benzene rings is 1. The lowest BCUT2D eigenvalue weighted by atomic mass is 10.2. The Labute approximate surface area is 95.1 Å². The number of anilines is 1. The highest BCUT2D eigenvalue weighted by Gasteiger charge is 2.31. The van der Waals surface area contributed by atoms with E-state index in [0.717, 1.165) is 12.1 Å². The van der Waals surface area contributed by atoms with Crippen LogP contribution < -0.4 is 10.5 Å². The molecule has 0 heterocycles. The van der Waals surface area contributed by atoms with Crippen molar-refractivity contribution in [3.63, 3.8) is 0 Å². The van der Waals surface area contributed by atoms with Gasteiger partial charge in [0, 0.05) is 5.69 Å². The van der Waals surface area contributed by atoms with Crippen LogP contribution in [0.25, 0.3) is 0 Å². The minimum Gasteiger partial charge on any atom is -0.406 e. The molecule has 0 aromatic heterocycles. The van der Waals surface area contributed by atoms with Crippen molar-refractivity contribution < 1.29 is 17.9 Å². The summed E-state index contributed by atoms with van der Waals surface area (Å²) < 4.78 is 39.5. The van der Waals surface area contributed by atoms with Gasteiger partial charge in [0.25, 0.3) is 0 Å². The minimum atomic E-state index is -4.73. The average molecular weight is 250 g/mol. The maximum atomic E-state index is 11.9. The van der Waals surface area contributed by atoms with Gasteiger partial charge in [0.1, 0.15) is 5.75 Å². The Morgan fingerprint density at radius 3 is 2.62 bits per heavy atom. The predicted octanol–water partition coefficient (Wildman–Crippen LogP) is 2.76. The highest BCUT2D eigenvalue weighted by molar-refractivity contribution is 6.19. The molecule has 0 aliphatic carbocycles. The average Bonchev–Trinajstić information content (AvgIpc) is 2.17. The molecule has 0 atom stereocenters. The summed E-state index contributed by atoms with van der Waals surface area (Å²) in [6.45, 7) is 0. The number of rotatable bonds is 1. The van der Waals surface area contributed by atoms with E-state index in [1.54, 1.807) is 0 Å². The van der Waals surface area contributed by atoms with E-state index in [0.29, 0.717) is 0 Å². The molecule has 1 aromatic carbocycles. The smallest absolute Gasteiger partial charge is 0.406 e. The normalized spacial score (nSPS) is 10.5. The summed E-state index contributed by atoms with van der Waals surface area (Å²) in [7, 11) is 0. The van der Waals surface area contributed by atoms with Crippen LogP contribution in [0.2, 0.25) is 0 Å². The molecule has 0 aliphatic rings. The fourth-order valence-corrected chi connectivity index (χ4v) is 1.04. The maximum absolute atomic E-state index is 11.9.